The molecule has 0 saturated heterocycles. The van der Waals surface area contributed by atoms with Crippen molar-refractivity contribution in [2.75, 3.05) is 7.11 Å². The van der Waals surface area contributed by atoms with Gasteiger partial charge in [0.05, 0.1) is 29.3 Å². The highest BCUT2D eigenvalue weighted by molar-refractivity contribution is 7.71. The molecule has 6 heteroatoms. The third-order valence-electron chi connectivity index (χ3n) is 3.61. The highest BCUT2D eigenvalue weighted by Crippen LogP contribution is 2.14. The fourth-order valence-electron chi connectivity index (χ4n) is 2.39. The van der Waals surface area contributed by atoms with Crippen molar-refractivity contribution < 1.29 is 9.53 Å². The molecule has 0 spiro atoms. The average Bonchev–Trinajstić information content (AvgIpc) is 2.55. The number of carbonyl (C=O) groups excluding carboxylic acids is 1. The maximum atomic E-state index is 12.7. The Bertz CT molecular complexity index is 1020. The van der Waals surface area contributed by atoms with Crippen molar-refractivity contribution in [2.24, 2.45) is 0 Å². The first-order valence-corrected chi connectivity index (χ1v) is 7.36. The standard InChI is InChI=1S/C17H14N2O3S/c1-10-3-6-12(7-4-10)19-15(20)13-8-5-11(16(21)22-2)9-14(13)18-17(19)23/h3-9H,1-2H3,(H,18,23). The van der Waals surface area contributed by atoms with Gasteiger partial charge in [-0.25, -0.2) is 4.79 Å². The van der Waals surface area contributed by atoms with E-state index in [-0.39, 0.29) is 10.3 Å². The molecular weight excluding hydrogens is 312 g/mol. The van der Waals surface area contributed by atoms with Crippen molar-refractivity contribution in [1.82, 2.24) is 9.55 Å². The van der Waals surface area contributed by atoms with Crippen molar-refractivity contribution in [3.63, 3.8) is 0 Å². The van der Waals surface area contributed by atoms with Crippen LogP contribution in [0.5, 0.6) is 0 Å². The molecule has 0 bridgehead atoms. The van der Waals surface area contributed by atoms with Gasteiger partial charge < -0.3 is 9.72 Å². The highest BCUT2D eigenvalue weighted by Gasteiger charge is 2.11. The molecule has 3 rings (SSSR count). The molecule has 0 atom stereocenters. The molecule has 0 saturated carbocycles. The lowest BCUT2D eigenvalue weighted by Gasteiger charge is -2.09. The molecule has 0 radical (unpaired) electrons. The predicted molar refractivity (Wildman–Crippen MR) is 90.8 cm³/mol. The Morgan fingerprint density at radius 2 is 1.87 bits per heavy atom. The summed E-state index contributed by atoms with van der Waals surface area (Å²) in [5.41, 5.74) is 2.43. The van der Waals surface area contributed by atoms with Gasteiger partial charge in [-0.2, -0.15) is 0 Å². The number of carbonyl (C=O) groups is 1. The van der Waals surface area contributed by atoms with Crippen LogP contribution in [-0.2, 0) is 4.74 Å². The van der Waals surface area contributed by atoms with Gasteiger partial charge in [0, 0.05) is 0 Å². The zero-order valence-corrected chi connectivity index (χ0v) is 13.4. The maximum Gasteiger partial charge on any atom is 0.337 e. The molecule has 1 N–H and O–H groups in total. The summed E-state index contributed by atoms with van der Waals surface area (Å²) in [6, 6.07) is 12.2. The summed E-state index contributed by atoms with van der Waals surface area (Å²) >= 11 is 5.31. The van der Waals surface area contributed by atoms with Crippen LogP contribution in [0.15, 0.2) is 47.3 Å². The fraction of sp³-hybridized carbons (Fsp3) is 0.118. The van der Waals surface area contributed by atoms with E-state index in [1.54, 1.807) is 18.2 Å². The van der Waals surface area contributed by atoms with E-state index >= 15 is 0 Å². The van der Waals surface area contributed by atoms with Crippen LogP contribution in [0.1, 0.15) is 15.9 Å². The van der Waals surface area contributed by atoms with Gasteiger partial charge in [-0.3, -0.25) is 9.36 Å². The van der Waals surface area contributed by atoms with Crippen LogP contribution in [-0.4, -0.2) is 22.6 Å². The van der Waals surface area contributed by atoms with E-state index < -0.39 is 5.97 Å². The van der Waals surface area contributed by atoms with Gasteiger partial charge in [-0.1, -0.05) is 17.7 Å². The molecule has 0 unspecified atom stereocenters. The number of hydrogen-bond donors (Lipinski definition) is 1. The Hall–Kier alpha value is -2.73. The van der Waals surface area contributed by atoms with Gasteiger partial charge in [-0.05, 0) is 49.5 Å². The van der Waals surface area contributed by atoms with Gasteiger partial charge in [0.2, 0.25) is 0 Å². The van der Waals surface area contributed by atoms with Crippen molar-refractivity contribution in [3.05, 3.63) is 68.7 Å². The quantitative estimate of drug-likeness (QED) is 0.580. The summed E-state index contributed by atoms with van der Waals surface area (Å²) in [5.74, 6) is -0.464. The Morgan fingerprint density at radius 3 is 2.52 bits per heavy atom. The minimum atomic E-state index is -0.464. The largest absolute Gasteiger partial charge is 0.465 e. The van der Waals surface area contributed by atoms with Crippen LogP contribution in [0.25, 0.3) is 16.6 Å². The lowest BCUT2D eigenvalue weighted by atomic mass is 10.1. The molecule has 0 aliphatic rings. The Kier molecular flexibility index (Phi) is 3.83. The second kappa shape index (κ2) is 5.81. The number of hydrogen-bond acceptors (Lipinski definition) is 4. The first-order valence-electron chi connectivity index (χ1n) is 6.95. The molecule has 23 heavy (non-hydrogen) atoms. The predicted octanol–water partition coefficient (Wildman–Crippen LogP) is 3.14. The Balaban J connectivity index is 2.26. The molecule has 0 fully saturated rings. The number of ether oxygens (including phenoxy) is 1. The zero-order chi connectivity index (χ0) is 16.6. The number of aromatic amines is 1. The third-order valence-corrected chi connectivity index (χ3v) is 3.90. The summed E-state index contributed by atoms with van der Waals surface area (Å²) in [4.78, 5) is 27.3. The molecule has 0 aliphatic carbocycles. The number of methoxy groups -OCH3 is 1. The lowest BCUT2D eigenvalue weighted by molar-refractivity contribution is 0.0601. The maximum absolute atomic E-state index is 12.7. The monoisotopic (exact) mass is 326 g/mol. The number of H-pyrrole nitrogens is 1. The van der Waals surface area contributed by atoms with Crippen LogP contribution in [0.4, 0.5) is 0 Å². The van der Waals surface area contributed by atoms with E-state index in [1.165, 1.54) is 11.7 Å². The fourth-order valence-corrected chi connectivity index (χ4v) is 2.69. The van der Waals surface area contributed by atoms with Crippen LogP contribution >= 0.6 is 12.2 Å². The number of rotatable bonds is 2. The second-order valence-electron chi connectivity index (χ2n) is 5.16. The number of fused-ring (bicyclic) bond motifs is 1. The van der Waals surface area contributed by atoms with Crippen molar-refractivity contribution in [1.29, 1.82) is 0 Å². The topological polar surface area (TPSA) is 64.1 Å². The number of nitrogens with zero attached hydrogens (tertiary/aromatic N) is 1. The van der Waals surface area contributed by atoms with E-state index in [2.05, 4.69) is 9.72 Å². The summed E-state index contributed by atoms with van der Waals surface area (Å²) in [6.07, 6.45) is 0. The van der Waals surface area contributed by atoms with Crippen LogP contribution in [0, 0.1) is 11.7 Å². The number of esters is 1. The first kappa shape index (κ1) is 15.2. The van der Waals surface area contributed by atoms with Gasteiger partial charge in [-0.15, -0.1) is 0 Å². The summed E-state index contributed by atoms with van der Waals surface area (Å²) in [5, 5.41) is 0.451. The minimum absolute atomic E-state index is 0.232. The Labute approximate surface area is 137 Å². The van der Waals surface area contributed by atoms with Gasteiger partial charge >= 0.3 is 5.97 Å². The normalized spacial score (nSPS) is 10.7. The molecule has 0 aliphatic heterocycles. The van der Waals surface area contributed by atoms with Gasteiger partial charge in [0.25, 0.3) is 5.56 Å². The molecule has 116 valence electrons. The molecule has 3 aromatic rings. The first-order chi connectivity index (χ1) is 11.0. The van der Waals surface area contributed by atoms with E-state index in [4.69, 9.17) is 12.2 Å². The van der Waals surface area contributed by atoms with Crippen molar-refractivity contribution >= 4 is 29.1 Å². The molecule has 5 nitrogen and oxygen atoms in total. The second-order valence-corrected chi connectivity index (χ2v) is 5.54. The van der Waals surface area contributed by atoms with Gasteiger partial charge in [0.15, 0.2) is 4.77 Å². The molecule has 2 aromatic carbocycles. The number of nitrogens with one attached hydrogen (secondary N) is 1. The molecule has 0 amide bonds. The average molecular weight is 326 g/mol. The number of aryl methyl sites for hydroxylation is 1. The third kappa shape index (κ3) is 2.68. The molecule has 1 heterocycles. The smallest absolute Gasteiger partial charge is 0.337 e. The van der Waals surface area contributed by atoms with Crippen LogP contribution in [0.3, 0.4) is 0 Å². The van der Waals surface area contributed by atoms with E-state index in [0.29, 0.717) is 22.2 Å². The summed E-state index contributed by atoms with van der Waals surface area (Å²) in [7, 11) is 1.31. The number of benzene rings is 2. The molecular formula is C17H14N2O3S. The number of aromatic nitrogens is 2. The summed E-state index contributed by atoms with van der Waals surface area (Å²) < 4.78 is 6.40. The van der Waals surface area contributed by atoms with Crippen LogP contribution < -0.4 is 5.56 Å². The lowest BCUT2D eigenvalue weighted by Crippen LogP contribution is -2.20. The highest BCUT2D eigenvalue weighted by atomic mass is 32.1. The summed E-state index contributed by atoms with van der Waals surface area (Å²) in [6.45, 7) is 1.97. The van der Waals surface area contributed by atoms with E-state index in [9.17, 15) is 9.59 Å². The minimum Gasteiger partial charge on any atom is -0.465 e. The van der Waals surface area contributed by atoms with Crippen LogP contribution in [0.2, 0.25) is 0 Å². The Morgan fingerprint density at radius 1 is 1.17 bits per heavy atom. The van der Waals surface area contributed by atoms with E-state index in [0.717, 1.165) is 5.56 Å². The molecule has 1 aromatic heterocycles. The van der Waals surface area contributed by atoms with E-state index in [1.807, 2.05) is 31.2 Å². The SMILES string of the molecule is COC(=O)c1ccc2c(=O)n(-c3ccc(C)cc3)c(=S)[nH]c2c1. The van der Waals surface area contributed by atoms with Gasteiger partial charge in [0.1, 0.15) is 0 Å². The zero-order valence-electron chi connectivity index (χ0n) is 12.6. The van der Waals surface area contributed by atoms with Crippen molar-refractivity contribution in [2.45, 2.75) is 6.92 Å². The van der Waals surface area contributed by atoms with Crippen molar-refractivity contribution in [3.8, 4) is 5.69 Å².